The lowest BCUT2D eigenvalue weighted by atomic mass is 9.95. The zero-order chi connectivity index (χ0) is 11.7. The molecule has 0 N–H and O–H groups in total. The van der Waals surface area contributed by atoms with Crippen LogP contribution in [0.15, 0.2) is 12.1 Å². The Balaban J connectivity index is 2.32. The number of ketones is 1. The van der Waals surface area contributed by atoms with E-state index in [2.05, 4.69) is 0 Å². The van der Waals surface area contributed by atoms with Crippen molar-refractivity contribution in [2.45, 2.75) is 32.6 Å². The van der Waals surface area contributed by atoms with Crippen LogP contribution < -0.4 is 0 Å². The average molecular weight is 224 g/mol. The van der Waals surface area contributed by atoms with Crippen molar-refractivity contribution in [3.8, 4) is 0 Å². The molecule has 0 radical (unpaired) electrons. The molecule has 1 aromatic carbocycles. The first-order chi connectivity index (χ1) is 7.59. The monoisotopic (exact) mass is 224 g/mol. The van der Waals surface area contributed by atoms with Crippen molar-refractivity contribution in [1.29, 1.82) is 0 Å². The molecule has 1 aliphatic rings. The number of hydrogen-bond donors (Lipinski definition) is 0. The molecule has 0 atom stereocenters. The number of Topliss-reactive ketones (excluding diaryl/α,β-unsaturated/α-hetero) is 1. The summed E-state index contributed by atoms with van der Waals surface area (Å²) in [7, 11) is 0. The first-order valence-electron chi connectivity index (χ1n) is 5.59. The molecule has 3 heteroatoms. The Morgan fingerprint density at radius 1 is 1.19 bits per heavy atom. The summed E-state index contributed by atoms with van der Waals surface area (Å²) >= 11 is 0. The summed E-state index contributed by atoms with van der Waals surface area (Å²) in [5, 5.41) is 0. The molecule has 0 bridgehead atoms. The molecular formula is C13H14F2O. The van der Waals surface area contributed by atoms with E-state index in [0.29, 0.717) is 5.56 Å². The summed E-state index contributed by atoms with van der Waals surface area (Å²) in [4.78, 5) is 12.0. The van der Waals surface area contributed by atoms with Crippen LogP contribution in [-0.4, -0.2) is 5.78 Å². The minimum atomic E-state index is -0.736. The van der Waals surface area contributed by atoms with Crippen molar-refractivity contribution < 1.29 is 13.6 Å². The van der Waals surface area contributed by atoms with Gasteiger partial charge in [-0.2, -0.15) is 0 Å². The predicted octanol–water partition coefficient (Wildman–Crippen LogP) is 3.65. The summed E-state index contributed by atoms with van der Waals surface area (Å²) in [5.74, 6) is -1.57. The molecule has 1 nitrogen and oxygen atoms in total. The van der Waals surface area contributed by atoms with Crippen molar-refractivity contribution in [3.05, 3.63) is 34.9 Å². The third-order valence-corrected chi connectivity index (χ3v) is 3.24. The highest BCUT2D eigenvalue weighted by Crippen LogP contribution is 2.29. The van der Waals surface area contributed by atoms with Gasteiger partial charge in [-0.3, -0.25) is 4.79 Å². The van der Waals surface area contributed by atoms with E-state index in [0.717, 1.165) is 31.7 Å². The van der Waals surface area contributed by atoms with Crippen LogP contribution in [0.5, 0.6) is 0 Å². The Kier molecular flexibility index (Phi) is 3.03. The number of aryl methyl sites for hydroxylation is 1. The van der Waals surface area contributed by atoms with Gasteiger partial charge >= 0.3 is 0 Å². The van der Waals surface area contributed by atoms with Crippen LogP contribution in [0.25, 0.3) is 0 Å². The second-order valence-electron chi connectivity index (χ2n) is 4.43. The normalized spacial score (nSPS) is 16.7. The van der Waals surface area contributed by atoms with E-state index in [1.54, 1.807) is 6.92 Å². The number of carbonyl (C=O) groups excluding carboxylic acids is 1. The third kappa shape index (κ3) is 1.99. The topological polar surface area (TPSA) is 17.1 Å². The van der Waals surface area contributed by atoms with Crippen LogP contribution in [0, 0.1) is 24.5 Å². The maximum atomic E-state index is 13.5. The van der Waals surface area contributed by atoms with Gasteiger partial charge in [0.05, 0.1) is 5.56 Å². The van der Waals surface area contributed by atoms with Crippen LogP contribution in [0.2, 0.25) is 0 Å². The molecule has 16 heavy (non-hydrogen) atoms. The Morgan fingerprint density at radius 3 is 2.44 bits per heavy atom. The van der Waals surface area contributed by atoms with Gasteiger partial charge in [0.2, 0.25) is 0 Å². The zero-order valence-corrected chi connectivity index (χ0v) is 9.22. The summed E-state index contributed by atoms with van der Waals surface area (Å²) < 4.78 is 26.5. The van der Waals surface area contributed by atoms with Gasteiger partial charge in [-0.05, 0) is 31.4 Å². The number of rotatable bonds is 2. The molecule has 0 aromatic heterocycles. The Hall–Kier alpha value is -1.25. The van der Waals surface area contributed by atoms with E-state index in [9.17, 15) is 13.6 Å². The van der Waals surface area contributed by atoms with Crippen LogP contribution >= 0.6 is 0 Å². The van der Waals surface area contributed by atoms with Crippen LogP contribution in [-0.2, 0) is 0 Å². The number of benzene rings is 1. The summed E-state index contributed by atoms with van der Waals surface area (Å²) in [6.07, 6.45) is 3.71. The van der Waals surface area contributed by atoms with Crippen molar-refractivity contribution in [1.82, 2.24) is 0 Å². The van der Waals surface area contributed by atoms with Crippen molar-refractivity contribution in [2.24, 2.45) is 5.92 Å². The second kappa shape index (κ2) is 4.32. The number of hydrogen-bond acceptors (Lipinski definition) is 1. The molecule has 86 valence electrons. The molecule has 0 heterocycles. The molecular weight excluding hydrogens is 210 g/mol. The quantitative estimate of drug-likeness (QED) is 0.701. The molecule has 0 amide bonds. The lowest BCUT2D eigenvalue weighted by Gasteiger charge is -2.09. The smallest absolute Gasteiger partial charge is 0.168 e. The van der Waals surface area contributed by atoms with Gasteiger partial charge in [0, 0.05) is 12.0 Å². The van der Waals surface area contributed by atoms with Crippen LogP contribution in [0.1, 0.15) is 41.6 Å². The first kappa shape index (κ1) is 11.2. The Labute approximate surface area is 93.5 Å². The molecule has 1 aliphatic carbocycles. The van der Waals surface area contributed by atoms with Gasteiger partial charge in [-0.25, -0.2) is 8.78 Å². The van der Waals surface area contributed by atoms with Crippen molar-refractivity contribution in [3.63, 3.8) is 0 Å². The molecule has 1 saturated carbocycles. The fourth-order valence-corrected chi connectivity index (χ4v) is 2.25. The lowest BCUT2D eigenvalue weighted by molar-refractivity contribution is 0.0918. The molecule has 0 unspecified atom stereocenters. The van der Waals surface area contributed by atoms with Crippen molar-refractivity contribution >= 4 is 5.78 Å². The van der Waals surface area contributed by atoms with Gasteiger partial charge < -0.3 is 0 Å². The predicted molar refractivity (Wildman–Crippen MR) is 57.4 cm³/mol. The van der Waals surface area contributed by atoms with Crippen molar-refractivity contribution in [2.75, 3.05) is 0 Å². The highest BCUT2D eigenvalue weighted by atomic mass is 19.1. The maximum Gasteiger partial charge on any atom is 0.168 e. The maximum absolute atomic E-state index is 13.5. The SMILES string of the molecule is Cc1cc(C(=O)C2CCCC2)c(F)cc1F. The molecule has 0 saturated heterocycles. The molecule has 0 aliphatic heterocycles. The van der Waals surface area contributed by atoms with E-state index in [1.165, 1.54) is 6.07 Å². The van der Waals surface area contributed by atoms with Gasteiger partial charge in [0.15, 0.2) is 5.78 Å². The van der Waals surface area contributed by atoms with E-state index < -0.39 is 11.6 Å². The highest BCUT2D eigenvalue weighted by Gasteiger charge is 2.26. The zero-order valence-electron chi connectivity index (χ0n) is 9.22. The minimum Gasteiger partial charge on any atom is -0.294 e. The summed E-state index contributed by atoms with van der Waals surface area (Å²) in [6, 6.07) is 2.13. The van der Waals surface area contributed by atoms with E-state index in [-0.39, 0.29) is 17.3 Å². The number of halogens is 2. The molecule has 2 rings (SSSR count). The van der Waals surface area contributed by atoms with Gasteiger partial charge in [0.1, 0.15) is 11.6 Å². The summed E-state index contributed by atoms with van der Waals surface area (Å²) in [5.41, 5.74) is 0.369. The largest absolute Gasteiger partial charge is 0.294 e. The first-order valence-corrected chi connectivity index (χ1v) is 5.59. The van der Waals surface area contributed by atoms with E-state index in [1.807, 2.05) is 0 Å². The second-order valence-corrected chi connectivity index (χ2v) is 4.43. The fraction of sp³-hybridized carbons (Fsp3) is 0.462. The lowest BCUT2D eigenvalue weighted by Crippen LogP contribution is -2.13. The fourth-order valence-electron chi connectivity index (χ4n) is 2.25. The van der Waals surface area contributed by atoms with E-state index in [4.69, 9.17) is 0 Å². The molecule has 0 spiro atoms. The molecule has 1 fully saturated rings. The summed E-state index contributed by atoms with van der Waals surface area (Å²) in [6.45, 7) is 1.54. The third-order valence-electron chi connectivity index (χ3n) is 3.24. The van der Waals surface area contributed by atoms with Gasteiger partial charge in [0.25, 0.3) is 0 Å². The molecule has 1 aromatic rings. The van der Waals surface area contributed by atoms with Gasteiger partial charge in [-0.1, -0.05) is 12.8 Å². The van der Waals surface area contributed by atoms with Crippen LogP contribution in [0.3, 0.4) is 0 Å². The standard InChI is InChI=1S/C13H14F2O/c1-8-6-10(12(15)7-11(8)14)13(16)9-4-2-3-5-9/h6-7,9H,2-5H2,1H3. The Bertz CT molecular complexity index is 420. The highest BCUT2D eigenvalue weighted by molar-refractivity contribution is 5.98. The Morgan fingerprint density at radius 2 is 1.81 bits per heavy atom. The van der Waals surface area contributed by atoms with Crippen LogP contribution in [0.4, 0.5) is 8.78 Å². The average Bonchev–Trinajstić information content (AvgIpc) is 2.75. The number of carbonyl (C=O) groups is 1. The minimum absolute atomic E-state index is 0.0470. The van der Waals surface area contributed by atoms with Gasteiger partial charge in [-0.15, -0.1) is 0 Å². The van der Waals surface area contributed by atoms with E-state index >= 15 is 0 Å².